The highest BCUT2D eigenvalue weighted by Gasteiger charge is 2.21. The number of nitrogens with one attached hydrogen (secondary N) is 2. The van der Waals surface area contributed by atoms with Gasteiger partial charge in [-0.2, -0.15) is 40.2 Å². The Morgan fingerprint density at radius 2 is 1.21 bits per heavy atom. The predicted molar refractivity (Wildman–Crippen MR) is 133 cm³/mol. The van der Waals surface area contributed by atoms with E-state index in [9.17, 15) is 44.0 Å². The van der Waals surface area contributed by atoms with Gasteiger partial charge < -0.3 is 15.7 Å². The van der Waals surface area contributed by atoms with Crippen LogP contribution in [0.2, 0.25) is 5.28 Å². The normalized spacial score (nSPS) is 12.4. The summed E-state index contributed by atoms with van der Waals surface area (Å²) >= 11 is 5.95. The van der Waals surface area contributed by atoms with Gasteiger partial charge in [-0.05, 0) is 47.3 Å². The molecule has 0 spiro atoms. The highest BCUT2D eigenvalue weighted by Crippen LogP contribution is 2.37. The number of hydrogen-bond acceptors (Lipinski definition) is 12. The van der Waals surface area contributed by atoms with E-state index in [0.29, 0.717) is 6.07 Å². The van der Waals surface area contributed by atoms with Crippen LogP contribution in [-0.4, -0.2) is 59.0 Å². The first kappa shape index (κ1) is 27.4. The number of aromatic hydroxyl groups is 1. The van der Waals surface area contributed by atoms with Crippen molar-refractivity contribution in [2.75, 3.05) is 10.6 Å². The van der Waals surface area contributed by atoms with E-state index in [2.05, 4.69) is 25.6 Å². The van der Waals surface area contributed by atoms with Crippen LogP contribution in [-0.2, 0) is 30.4 Å². The summed E-state index contributed by atoms with van der Waals surface area (Å²) in [5.74, 6) is -1.40. The third-order valence-electron chi connectivity index (χ3n) is 4.84. The van der Waals surface area contributed by atoms with Crippen molar-refractivity contribution < 1.29 is 44.0 Å². The van der Waals surface area contributed by atoms with Gasteiger partial charge in [-0.15, -0.1) is 0 Å². The maximum atomic E-state index is 11.8. The van der Waals surface area contributed by atoms with Gasteiger partial charge in [0.1, 0.15) is 10.6 Å². The van der Waals surface area contributed by atoms with Crippen molar-refractivity contribution in [3.05, 3.63) is 53.8 Å². The second-order valence-electron chi connectivity index (χ2n) is 7.43. The molecule has 4 rings (SSSR count). The van der Waals surface area contributed by atoms with Crippen LogP contribution in [0.1, 0.15) is 0 Å². The number of halogens is 1. The molecular weight excluding hydrogens is 590 g/mol. The average Bonchev–Trinajstić information content (AvgIpc) is 2.76. The molecule has 0 unspecified atom stereocenters. The second kappa shape index (κ2) is 9.58. The molecule has 38 heavy (non-hydrogen) atoms. The molecule has 0 atom stereocenters. The number of nitrogens with zero attached hydrogens (tertiary/aromatic N) is 3. The SMILES string of the molecule is O=S(=O)(O)c1cc(O)c2c(Nc3nc(Cl)nc(Nc4ccccc4S(=O)(=O)O)n3)cc(S(=O)(=O)O)cc2c1. The van der Waals surface area contributed by atoms with Crippen molar-refractivity contribution in [1.29, 1.82) is 0 Å². The number of phenolic OH excluding ortho intramolecular Hbond substituents is 1. The Morgan fingerprint density at radius 3 is 1.76 bits per heavy atom. The van der Waals surface area contributed by atoms with Crippen LogP contribution in [0.3, 0.4) is 0 Å². The highest BCUT2D eigenvalue weighted by atomic mass is 35.5. The van der Waals surface area contributed by atoms with Crippen molar-refractivity contribution in [2.45, 2.75) is 14.7 Å². The second-order valence-corrected chi connectivity index (χ2v) is 12.0. The van der Waals surface area contributed by atoms with Crippen LogP contribution in [0.5, 0.6) is 5.75 Å². The molecule has 200 valence electrons. The third kappa shape index (κ3) is 5.91. The standard InChI is InChI=1S/C19H14ClN5O10S3/c20-17-23-18(21-12-3-1-2-4-15(12)38(33,34)35)25-19(24-17)22-13-7-10(36(27,28)29)5-9-6-11(37(30,31)32)8-14(26)16(9)13/h1-8,26H,(H,27,28,29)(H,30,31,32)(H,33,34,35)(H2,21,22,23,24,25). The maximum Gasteiger partial charge on any atom is 0.296 e. The fraction of sp³-hybridized carbons (Fsp3) is 0. The first-order valence-electron chi connectivity index (χ1n) is 9.80. The fourth-order valence-electron chi connectivity index (χ4n) is 3.33. The van der Waals surface area contributed by atoms with Gasteiger partial charge in [0.2, 0.25) is 17.2 Å². The topological polar surface area (TPSA) is 246 Å². The lowest BCUT2D eigenvalue weighted by Gasteiger charge is -2.14. The minimum Gasteiger partial charge on any atom is -0.507 e. The molecular formula is C19H14ClN5O10S3. The highest BCUT2D eigenvalue weighted by molar-refractivity contribution is 7.86. The van der Waals surface area contributed by atoms with Gasteiger partial charge in [0, 0.05) is 11.5 Å². The smallest absolute Gasteiger partial charge is 0.296 e. The fourth-order valence-corrected chi connectivity index (χ4v) is 5.22. The van der Waals surface area contributed by atoms with E-state index >= 15 is 0 Å². The molecule has 15 nitrogen and oxygen atoms in total. The minimum atomic E-state index is -4.85. The summed E-state index contributed by atoms with van der Waals surface area (Å²) in [5.41, 5.74) is -0.376. The van der Waals surface area contributed by atoms with Gasteiger partial charge in [-0.1, -0.05) is 12.1 Å². The summed E-state index contributed by atoms with van der Waals surface area (Å²) in [6.45, 7) is 0. The number of benzene rings is 3. The predicted octanol–water partition coefficient (Wildman–Crippen LogP) is 2.61. The van der Waals surface area contributed by atoms with Crippen molar-refractivity contribution in [3.8, 4) is 5.75 Å². The number of aromatic nitrogens is 3. The Balaban J connectivity index is 1.85. The Bertz CT molecular complexity index is 1930. The lowest BCUT2D eigenvalue weighted by molar-refractivity contribution is 0.471. The van der Waals surface area contributed by atoms with E-state index in [1.807, 2.05) is 0 Å². The molecule has 1 aromatic heterocycles. The number of para-hydroxylation sites is 1. The largest absolute Gasteiger partial charge is 0.507 e. The van der Waals surface area contributed by atoms with E-state index in [1.165, 1.54) is 18.2 Å². The summed E-state index contributed by atoms with van der Waals surface area (Å²) in [7, 11) is -14.3. The lowest BCUT2D eigenvalue weighted by atomic mass is 10.1. The Morgan fingerprint density at radius 1 is 0.684 bits per heavy atom. The van der Waals surface area contributed by atoms with Gasteiger partial charge in [0.05, 0.1) is 21.2 Å². The average molecular weight is 604 g/mol. The van der Waals surface area contributed by atoms with E-state index < -0.39 is 56.1 Å². The molecule has 1 heterocycles. The van der Waals surface area contributed by atoms with Gasteiger partial charge in [-0.25, -0.2) is 0 Å². The first-order chi connectivity index (χ1) is 17.5. The maximum absolute atomic E-state index is 11.8. The molecule has 0 bridgehead atoms. The first-order valence-corrected chi connectivity index (χ1v) is 14.5. The molecule has 19 heteroatoms. The molecule has 0 fully saturated rings. The molecule has 3 aromatic carbocycles. The molecule has 0 saturated heterocycles. The zero-order valence-corrected chi connectivity index (χ0v) is 21.5. The summed E-state index contributed by atoms with van der Waals surface area (Å²) in [5, 5.41) is 14.8. The van der Waals surface area contributed by atoms with Gasteiger partial charge in [0.25, 0.3) is 30.4 Å². The van der Waals surface area contributed by atoms with Crippen LogP contribution in [0.4, 0.5) is 23.3 Å². The number of rotatable bonds is 7. The van der Waals surface area contributed by atoms with Crippen molar-refractivity contribution in [1.82, 2.24) is 15.0 Å². The van der Waals surface area contributed by atoms with Gasteiger partial charge in [0.15, 0.2) is 0 Å². The molecule has 0 radical (unpaired) electrons. The summed E-state index contributed by atoms with van der Waals surface area (Å²) in [6, 6.07) is 8.49. The molecule has 0 amide bonds. The molecule has 0 aliphatic heterocycles. The molecule has 4 aromatic rings. The summed E-state index contributed by atoms with van der Waals surface area (Å²) in [6.07, 6.45) is 0. The van der Waals surface area contributed by atoms with Crippen LogP contribution in [0.15, 0.2) is 63.2 Å². The summed E-state index contributed by atoms with van der Waals surface area (Å²) in [4.78, 5) is 9.64. The quantitative estimate of drug-likeness (QED) is 0.166. The monoisotopic (exact) mass is 603 g/mol. The van der Waals surface area contributed by atoms with E-state index in [0.717, 1.165) is 24.3 Å². The van der Waals surface area contributed by atoms with Crippen molar-refractivity contribution in [2.24, 2.45) is 0 Å². The van der Waals surface area contributed by atoms with Crippen LogP contribution in [0, 0.1) is 0 Å². The molecule has 0 aliphatic rings. The van der Waals surface area contributed by atoms with Crippen LogP contribution in [0.25, 0.3) is 10.8 Å². The molecule has 0 saturated carbocycles. The number of anilines is 4. The van der Waals surface area contributed by atoms with E-state index in [1.54, 1.807) is 0 Å². The minimum absolute atomic E-state index is 0.127. The van der Waals surface area contributed by atoms with Gasteiger partial charge in [-0.3, -0.25) is 13.7 Å². The van der Waals surface area contributed by atoms with E-state index in [4.69, 9.17) is 11.6 Å². The van der Waals surface area contributed by atoms with Crippen molar-refractivity contribution in [3.63, 3.8) is 0 Å². The summed E-state index contributed by atoms with van der Waals surface area (Å²) < 4.78 is 98.4. The Hall–Kier alpha value is -3.65. The molecule has 6 N–H and O–H groups in total. The lowest BCUT2D eigenvalue weighted by Crippen LogP contribution is -2.08. The van der Waals surface area contributed by atoms with Crippen molar-refractivity contribution >= 4 is 76.0 Å². The zero-order chi connectivity index (χ0) is 28.0. The molecule has 0 aliphatic carbocycles. The van der Waals surface area contributed by atoms with Crippen LogP contribution >= 0.6 is 11.6 Å². The van der Waals surface area contributed by atoms with Crippen LogP contribution < -0.4 is 10.6 Å². The number of fused-ring (bicyclic) bond motifs is 1. The van der Waals surface area contributed by atoms with E-state index in [-0.39, 0.29) is 34.0 Å². The number of phenols is 1. The Labute approximate surface area is 219 Å². The van der Waals surface area contributed by atoms with Gasteiger partial charge >= 0.3 is 0 Å². The third-order valence-corrected chi connectivity index (χ3v) is 7.58. The Kier molecular flexibility index (Phi) is 6.91. The zero-order valence-electron chi connectivity index (χ0n) is 18.3. The number of hydrogen-bond donors (Lipinski definition) is 6.